The van der Waals surface area contributed by atoms with E-state index in [1.807, 2.05) is 24.3 Å². The average molecular weight is 277 g/mol. The molecule has 1 aromatic carbocycles. The Balaban J connectivity index is 1.97. The second kappa shape index (κ2) is 5.31. The van der Waals surface area contributed by atoms with Gasteiger partial charge < -0.3 is 10.6 Å². The molecule has 1 aromatic heterocycles. The summed E-state index contributed by atoms with van der Waals surface area (Å²) >= 11 is 6.28. The molecule has 0 unspecified atom stereocenters. The maximum absolute atomic E-state index is 6.28. The number of anilines is 1. The van der Waals surface area contributed by atoms with Gasteiger partial charge in [-0.1, -0.05) is 23.7 Å². The summed E-state index contributed by atoms with van der Waals surface area (Å²) in [5.74, 6) is 1.32. The molecular formula is C14H17ClN4. The highest BCUT2D eigenvalue weighted by Gasteiger charge is 2.22. The van der Waals surface area contributed by atoms with Crippen molar-refractivity contribution in [2.24, 2.45) is 11.7 Å². The number of hydrogen-bond donors (Lipinski definition) is 1. The fourth-order valence-electron chi connectivity index (χ4n) is 2.62. The Labute approximate surface area is 117 Å². The number of fused-ring (bicyclic) bond motifs is 1. The number of piperidine rings is 1. The standard InChI is InChI=1S/C14H17ClN4/c15-13-14(19-7-3-4-10(8-16)9-19)18-12-6-2-1-5-11(12)17-13/h1-2,5-6,10H,3-4,7-9,16H2/t10-/m0/s1. The number of hydrogen-bond acceptors (Lipinski definition) is 4. The highest BCUT2D eigenvalue weighted by Crippen LogP contribution is 2.28. The molecule has 4 nitrogen and oxygen atoms in total. The van der Waals surface area contributed by atoms with Gasteiger partial charge in [0.15, 0.2) is 11.0 Å². The molecule has 0 bridgehead atoms. The van der Waals surface area contributed by atoms with Gasteiger partial charge in [0.1, 0.15) is 0 Å². The lowest BCUT2D eigenvalue weighted by Gasteiger charge is -2.33. The van der Waals surface area contributed by atoms with Crippen molar-refractivity contribution in [1.29, 1.82) is 0 Å². The van der Waals surface area contributed by atoms with E-state index in [4.69, 9.17) is 17.3 Å². The molecule has 0 saturated carbocycles. The predicted molar refractivity (Wildman–Crippen MR) is 78.5 cm³/mol. The van der Waals surface area contributed by atoms with E-state index in [0.29, 0.717) is 11.1 Å². The monoisotopic (exact) mass is 276 g/mol. The molecule has 1 atom stereocenters. The van der Waals surface area contributed by atoms with E-state index in [1.54, 1.807) is 0 Å². The van der Waals surface area contributed by atoms with Crippen molar-refractivity contribution < 1.29 is 0 Å². The number of benzene rings is 1. The molecule has 5 heteroatoms. The van der Waals surface area contributed by atoms with Crippen molar-refractivity contribution in [2.45, 2.75) is 12.8 Å². The average Bonchev–Trinajstić information content (AvgIpc) is 2.46. The van der Waals surface area contributed by atoms with Gasteiger partial charge in [0.05, 0.1) is 11.0 Å². The van der Waals surface area contributed by atoms with Crippen LogP contribution >= 0.6 is 11.6 Å². The van der Waals surface area contributed by atoms with E-state index in [-0.39, 0.29) is 0 Å². The first-order valence-corrected chi connectivity index (χ1v) is 7.03. The third kappa shape index (κ3) is 2.51. The summed E-state index contributed by atoms with van der Waals surface area (Å²) in [6, 6.07) is 7.80. The lowest BCUT2D eigenvalue weighted by Crippen LogP contribution is -2.39. The maximum atomic E-state index is 6.28. The molecule has 0 spiro atoms. The van der Waals surface area contributed by atoms with Crippen molar-refractivity contribution in [3.63, 3.8) is 0 Å². The lowest BCUT2D eigenvalue weighted by atomic mass is 9.98. The van der Waals surface area contributed by atoms with Crippen molar-refractivity contribution in [2.75, 3.05) is 24.5 Å². The van der Waals surface area contributed by atoms with Crippen LogP contribution in [0.4, 0.5) is 5.82 Å². The Morgan fingerprint density at radius 2 is 2.00 bits per heavy atom. The Bertz CT molecular complexity index is 587. The Morgan fingerprint density at radius 3 is 2.74 bits per heavy atom. The summed E-state index contributed by atoms with van der Waals surface area (Å²) in [5, 5.41) is 0.483. The summed E-state index contributed by atoms with van der Waals surface area (Å²) < 4.78 is 0. The Hall–Kier alpha value is -1.39. The molecule has 2 aromatic rings. The second-order valence-electron chi connectivity index (χ2n) is 5.02. The zero-order valence-electron chi connectivity index (χ0n) is 10.7. The highest BCUT2D eigenvalue weighted by atomic mass is 35.5. The van der Waals surface area contributed by atoms with E-state index in [2.05, 4.69) is 14.9 Å². The van der Waals surface area contributed by atoms with Gasteiger partial charge in [0.2, 0.25) is 0 Å². The summed E-state index contributed by atoms with van der Waals surface area (Å²) in [6.45, 7) is 2.61. The molecule has 100 valence electrons. The Kier molecular flexibility index (Phi) is 3.53. The minimum atomic E-state index is 0.483. The van der Waals surface area contributed by atoms with Crippen LogP contribution in [0.1, 0.15) is 12.8 Å². The van der Waals surface area contributed by atoms with E-state index in [0.717, 1.165) is 42.9 Å². The van der Waals surface area contributed by atoms with Crippen LogP contribution in [0, 0.1) is 5.92 Å². The van der Waals surface area contributed by atoms with Crippen molar-refractivity contribution >= 4 is 28.5 Å². The summed E-state index contributed by atoms with van der Waals surface area (Å²) in [7, 11) is 0. The van der Waals surface area contributed by atoms with E-state index in [9.17, 15) is 0 Å². The summed E-state index contributed by atoms with van der Waals surface area (Å²) in [4.78, 5) is 11.3. The van der Waals surface area contributed by atoms with Crippen LogP contribution in [0.2, 0.25) is 5.15 Å². The summed E-state index contributed by atoms with van der Waals surface area (Å²) in [6.07, 6.45) is 2.32. The van der Waals surface area contributed by atoms with E-state index >= 15 is 0 Å². The molecule has 2 heterocycles. The van der Waals surface area contributed by atoms with Gasteiger partial charge in [-0.2, -0.15) is 0 Å². The van der Waals surface area contributed by atoms with Crippen LogP contribution < -0.4 is 10.6 Å². The topological polar surface area (TPSA) is 55.0 Å². The first-order valence-electron chi connectivity index (χ1n) is 6.65. The SMILES string of the molecule is NC[C@@H]1CCCN(c2nc3ccccc3nc2Cl)C1. The molecule has 2 N–H and O–H groups in total. The molecule has 0 amide bonds. The molecule has 19 heavy (non-hydrogen) atoms. The largest absolute Gasteiger partial charge is 0.354 e. The molecule has 1 aliphatic heterocycles. The molecule has 1 fully saturated rings. The molecular weight excluding hydrogens is 260 g/mol. The first-order chi connectivity index (χ1) is 9.28. The minimum absolute atomic E-state index is 0.483. The molecule has 1 saturated heterocycles. The van der Waals surface area contributed by atoms with Gasteiger partial charge >= 0.3 is 0 Å². The van der Waals surface area contributed by atoms with Gasteiger partial charge in [-0.3, -0.25) is 0 Å². The van der Waals surface area contributed by atoms with Crippen molar-refractivity contribution in [1.82, 2.24) is 9.97 Å². The zero-order chi connectivity index (χ0) is 13.2. The number of aromatic nitrogens is 2. The number of nitrogens with zero attached hydrogens (tertiary/aromatic N) is 3. The van der Waals surface area contributed by atoms with Gasteiger partial charge in [-0.05, 0) is 37.4 Å². The third-order valence-electron chi connectivity index (χ3n) is 3.66. The van der Waals surface area contributed by atoms with Gasteiger partial charge in [0.25, 0.3) is 0 Å². The fraction of sp³-hybridized carbons (Fsp3) is 0.429. The minimum Gasteiger partial charge on any atom is -0.354 e. The predicted octanol–water partition coefficient (Wildman–Crippen LogP) is 2.46. The molecule has 3 rings (SSSR count). The van der Waals surface area contributed by atoms with Crippen LogP contribution in [0.5, 0.6) is 0 Å². The first kappa shape index (κ1) is 12.6. The van der Waals surface area contributed by atoms with Crippen LogP contribution in [0.25, 0.3) is 11.0 Å². The molecule has 0 radical (unpaired) electrons. The van der Waals surface area contributed by atoms with Crippen molar-refractivity contribution in [3.8, 4) is 0 Å². The quantitative estimate of drug-likeness (QED) is 0.915. The fourth-order valence-corrected chi connectivity index (χ4v) is 2.87. The normalized spacial score (nSPS) is 19.9. The van der Waals surface area contributed by atoms with Crippen LogP contribution in [0.15, 0.2) is 24.3 Å². The molecule has 0 aliphatic carbocycles. The number of halogens is 1. The number of para-hydroxylation sites is 2. The van der Waals surface area contributed by atoms with Gasteiger partial charge in [-0.15, -0.1) is 0 Å². The number of rotatable bonds is 2. The van der Waals surface area contributed by atoms with Crippen molar-refractivity contribution in [3.05, 3.63) is 29.4 Å². The lowest BCUT2D eigenvalue weighted by molar-refractivity contribution is 0.422. The number of nitrogens with two attached hydrogens (primary N) is 1. The van der Waals surface area contributed by atoms with Crippen LogP contribution in [-0.4, -0.2) is 29.6 Å². The maximum Gasteiger partial charge on any atom is 0.172 e. The highest BCUT2D eigenvalue weighted by molar-refractivity contribution is 6.32. The second-order valence-corrected chi connectivity index (χ2v) is 5.37. The molecule has 1 aliphatic rings. The van der Waals surface area contributed by atoms with Crippen LogP contribution in [-0.2, 0) is 0 Å². The van der Waals surface area contributed by atoms with E-state index in [1.165, 1.54) is 6.42 Å². The van der Waals surface area contributed by atoms with Gasteiger partial charge in [0, 0.05) is 13.1 Å². The smallest absolute Gasteiger partial charge is 0.172 e. The van der Waals surface area contributed by atoms with Crippen LogP contribution in [0.3, 0.4) is 0 Å². The zero-order valence-corrected chi connectivity index (χ0v) is 11.5. The summed E-state index contributed by atoms with van der Waals surface area (Å²) in [5.41, 5.74) is 7.50. The Morgan fingerprint density at radius 1 is 1.26 bits per heavy atom. The van der Waals surface area contributed by atoms with Gasteiger partial charge in [-0.25, -0.2) is 9.97 Å². The third-order valence-corrected chi connectivity index (χ3v) is 3.92. The van der Waals surface area contributed by atoms with E-state index < -0.39 is 0 Å².